The maximum absolute atomic E-state index is 2.38. The molecule has 0 aromatic carbocycles. The Hall–Kier alpha value is 0. The van der Waals surface area contributed by atoms with Crippen molar-refractivity contribution in [1.82, 2.24) is 0 Å². The van der Waals surface area contributed by atoms with Crippen molar-refractivity contribution >= 4 is 0 Å². The third kappa shape index (κ3) is 2.72. The minimum absolute atomic E-state index is 1.07. The molecular weight excluding hydrogens is 120 g/mol. The van der Waals surface area contributed by atoms with Crippen LogP contribution in [0.15, 0.2) is 0 Å². The maximum Gasteiger partial charge on any atom is -0.0386 e. The molecule has 0 amide bonds. The normalized spacial score (nSPS) is 30.6. The molecular formula is C10H20. The van der Waals surface area contributed by atoms with E-state index in [0.29, 0.717) is 0 Å². The van der Waals surface area contributed by atoms with Crippen LogP contribution in [0.2, 0.25) is 0 Å². The predicted octanol–water partition coefficient (Wildman–Crippen LogP) is 3.61. The van der Waals surface area contributed by atoms with Crippen molar-refractivity contribution in [3.05, 3.63) is 0 Å². The second kappa shape index (κ2) is 4.00. The summed E-state index contributed by atoms with van der Waals surface area (Å²) in [6.45, 7) is 4.66. The largest absolute Gasteiger partial charge is 0.0654 e. The molecule has 2 unspecified atom stereocenters. The summed E-state index contributed by atoms with van der Waals surface area (Å²) in [4.78, 5) is 0. The molecule has 60 valence electrons. The van der Waals surface area contributed by atoms with Gasteiger partial charge in [0.25, 0.3) is 0 Å². The van der Waals surface area contributed by atoms with Gasteiger partial charge in [-0.05, 0) is 18.3 Å². The van der Waals surface area contributed by atoms with Gasteiger partial charge in [-0.1, -0.05) is 46.0 Å². The lowest BCUT2D eigenvalue weighted by molar-refractivity contribution is 0.577. The van der Waals surface area contributed by atoms with Gasteiger partial charge in [0.1, 0.15) is 0 Å². The SMILES string of the molecule is CCCCCCC1CC1C. The van der Waals surface area contributed by atoms with Crippen LogP contribution in [0.3, 0.4) is 0 Å². The minimum atomic E-state index is 1.07. The fraction of sp³-hybridized carbons (Fsp3) is 1.00. The van der Waals surface area contributed by atoms with E-state index in [2.05, 4.69) is 13.8 Å². The third-order valence-corrected chi connectivity index (χ3v) is 2.70. The molecule has 0 nitrogen and oxygen atoms in total. The molecule has 0 spiro atoms. The Labute approximate surface area is 65.0 Å². The summed E-state index contributed by atoms with van der Waals surface area (Å²) in [5, 5.41) is 0. The lowest BCUT2D eigenvalue weighted by atomic mass is 10.1. The summed E-state index contributed by atoms with van der Waals surface area (Å²) in [5.41, 5.74) is 0. The first-order valence-corrected chi connectivity index (χ1v) is 4.84. The smallest absolute Gasteiger partial charge is 0.0386 e. The quantitative estimate of drug-likeness (QED) is 0.512. The highest BCUT2D eigenvalue weighted by atomic mass is 14.4. The molecule has 2 atom stereocenters. The molecule has 1 aliphatic carbocycles. The molecule has 0 N–H and O–H groups in total. The Balaban J connectivity index is 1.78. The standard InChI is InChI=1S/C10H20/c1-3-4-5-6-7-10-8-9(10)2/h9-10H,3-8H2,1-2H3. The summed E-state index contributed by atoms with van der Waals surface area (Å²) in [6.07, 6.45) is 8.82. The van der Waals surface area contributed by atoms with Gasteiger partial charge in [-0.15, -0.1) is 0 Å². The second-order valence-corrected chi connectivity index (χ2v) is 3.82. The van der Waals surface area contributed by atoms with Gasteiger partial charge in [0.15, 0.2) is 0 Å². The third-order valence-electron chi connectivity index (χ3n) is 2.70. The van der Waals surface area contributed by atoms with E-state index >= 15 is 0 Å². The van der Waals surface area contributed by atoms with Crippen LogP contribution in [0.1, 0.15) is 52.4 Å². The first kappa shape index (κ1) is 8.10. The number of hydrogen-bond acceptors (Lipinski definition) is 0. The van der Waals surface area contributed by atoms with Gasteiger partial charge in [-0.2, -0.15) is 0 Å². The fourth-order valence-corrected chi connectivity index (χ4v) is 1.63. The van der Waals surface area contributed by atoms with E-state index in [1.54, 1.807) is 0 Å². The van der Waals surface area contributed by atoms with E-state index in [4.69, 9.17) is 0 Å². The summed E-state index contributed by atoms with van der Waals surface area (Å²) in [7, 11) is 0. The van der Waals surface area contributed by atoms with Crippen LogP contribution in [-0.4, -0.2) is 0 Å². The van der Waals surface area contributed by atoms with Crippen molar-refractivity contribution in [1.29, 1.82) is 0 Å². The van der Waals surface area contributed by atoms with Crippen LogP contribution in [-0.2, 0) is 0 Å². The average molecular weight is 140 g/mol. The molecule has 1 fully saturated rings. The van der Waals surface area contributed by atoms with Crippen LogP contribution in [0.25, 0.3) is 0 Å². The zero-order valence-corrected chi connectivity index (χ0v) is 7.40. The molecule has 0 heterocycles. The van der Waals surface area contributed by atoms with E-state index < -0.39 is 0 Å². The summed E-state index contributed by atoms with van der Waals surface area (Å²) >= 11 is 0. The van der Waals surface area contributed by atoms with Crippen LogP contribution in [0.5, 0.6) is 0 Å². The number of unbranched alkanes of at least 4 members (excludes halogenated alkanes) is 3. The summed E-state index contributed by atoms with van der Waals surface area (Å²) < 4.78 is 0. The van der Waals surface area contributed by atoms with Gasteiger partial charge in [0.2, 0.25) is 0 Å². The molecule has 0 bridgehead atoms. The Morgan fingerprint density at radius 1 is 1.20 bits per heavy atom. The molecule has 10 heavy (non-hydrogen) atoms. The van der Waals surface area contributed by atoms with Crippen LogP contribution in [0, 0.1) is 11.8 Å². The Bertz CT molecular complexity index is 86.0. The van der Waals surface area contributed by atoms with Gasteiger partial charge >= 0.3 is 0 Å². The van der Waals surface area contributed by atoms with Crippen molar-refractivity contribution < 1.29 is 0 Å². The molecule has 1 rings (SSSR count). The van der Waals surface area contributed by atoms with Crippen molar-refractivity contribution in [2.45, 2.75) is 52.4 Å². The lowest BCUT2D eigenvalue weighted by Gasteiger charge is -1.96. The van der Waals surface area contributed by atoms with Crippen molar-refractivity contribution in [2.24, 2.45) is 11.8 Å². The van der Waals surface area contributed by atoms with Crippen molar-refractivity contribution in [2.75, 3.05) is 0 Å². The molecule has 1 saturated carbocycles. The molecule has 0 heteroatoms. The Kier molecular flexibility index (Phi) is 3.24. The van der Waals surface area contributed by atoms with Crippen LogP contribution in [0.4, 0.5) is 0 Å². The molecule has 1 aliphatic rings. The highest BCUT2D eigenvalue weighted by molar-refractivity contribution is 4.81. The highest BCUT2D eigenvalue weighted by Crippen LogP contribution is 2.41. The number of hydrogen-bond donors (Lipinski definition) is 0. The van der Waals surface area contributed by atoms with Gasteiger partial charge in [-0.3, -0.25) is 0 Å². The zero-order chi connectivity index (χ0) is 7.40. The fourth-order valence-electron chi connectivity index (χ4n) is 1.63. The van der Waals surface area contributed by atoms with Gasteiger partial charge in [-0.25, -0.2) is 0 Å². The topological polar surface area (TPSA) is 0 Å². The Morgan fingerprint density at radius 2 is 1.90 bits per heavy atom. The van der Waals surface area contributed by atoms with E-state index in [-0.39, 0.29) is 0 Å². The minimum Gasteiger partial charge on any atom is -0.0654 e. The maximum atomic E-state index is 2.38. The first-order valence-electron chi connectivity index (χ1n) is 4.84. The molecule has 0 radical (unpaired) electrons. The predicted molar refractivity (Wildman–Crippen MR) is 46.0 cm³/mol. The first-order chi connectivity index (χ1) is 4.84. The lowest BCUT2D eigenvalue weighted by Crippen LogP contribution is -1.80. The van der Waals surface area contributed by atoms with E-state index in [1.165, 1.54) is 38.5 Å². The number of rotatable bonds is 5. The molecule has 0 aromatic heterocycles. The molecule has 0 aliphatic heterocycles. The van der Waals surface area contributed by atoms with Crippen molar-refractivity contribution in [3.63, 3.8) is 0 Å². The zero-order valence-electron chi connectivity index (χ0n) is 7.40. The van der Waals surface area contributed by atoms with Gasteiger partial charge < -0.3 is 0 Å². The van der Waals surface area contributed by atoms with Gasteiger partial charge in [0.05, 0.1) is 0 Å². The van der Waals surface area contributed by atoms with Crippen LogP contribution < -0.4 is 0 Å². The monoisotopic (exact) mass is 140 g/mol. The van der Waals surface area contributed by atoms with Crippen LogP contribution >= 0.6 is 0 Å². The van der Waals surface area contributed by atoms with E-state index in [1.807, 2.05) is 0 Å². The summed E-state index contributed by atoms with van der Waals surface area (Å²) in [5.74, 6) is 2.19. The Morgan fingerprint density at radius 3 is 2.40 bits per heavy atom. The highest BCUT2D eigenvalue weighted by Gasteiger charge is 2.31. The van der Waals surface area contributed by atoms with E-state index in [9.17, 15) is 0 Å². The van der Waals surface area contributed by atoms with Crippen molar-refractivity contribution in [3.8, 4) is 0 Å². The average Bonchev–Trinajstić information content (AvgIpc) is 2.60. The second-order valence-electron chi connectivity index (χ2n) is 3.82. The molecule has 0 aromatic rings. The van der Waals surface area contributed by atoms with Gasteiger partial charge in [0, 0.05) is 0 Å². The molecule has 0 saturated heterocycles. The van der Waals surface area contributed by atoms with E-state index in [0.717, 1.165) is 11.8 Å². The summed E-state index contributed by atoms with van der Waals surface area (Å²) in [6, 6.07) is 0.